The van der Waals surface area contributed by atoms with E-state index in [1.165, 1.54) is 6.07 Å². The van der Waals surface area contributed by atoms with E-state index in [2.05, 4.69) is 9.88 Å². The van der Waals surface area contributed by atoms with E-state index < -0.39 is 11.6 Å². The van der Waals surface area contributed by atoms with E-state index in [4.69, 9.17) is 0 Å². The lowest BCUT2D eigenvalue weighted by Gasteiger charge is -2.24. The molecule has 0 unspecified atom stereocenters. The molecule has 29 heavy (non-hydrogen) atoms. The standard InChI is InChI=1S/C22H22F2N4O/c1-16-13-28(15-25-16)19-5-3-18(4-6-19)26-9-8-22(29)27(11-10-26)14-17-2-7-20(23)21(24)12-17/h2-7,12-13,15H,8-11,14H2,1H3. The first kappa shape index (κ1) is 19.1. The maximum absolute atomic E-state index is 13.5. The normalized spacial score (nSPS) is 14.9. The summed E-state index contributed by atoms with van der Waals surface area (Å²) in [7, 11) is 0. The average Bonchev–Trinajstić information content (AvgIpc) is 3.07. The average molecular weight is 396 g/mol. The number of benzene rings is 2. The van der Waals surface area contributed by atoms with Crippen molar-refractivity contribution in [2.24, 2.45) is 0 Å². The van der Waals surface area contributed by atoms with Gasteiger partial charge in [0.2, 0.25) is 5.91 Å². The van der Waals surface area contributed by atoms with Gasteiger partial charge in [0.25, 0.3) is 0 Å². The van der Waals surface area contributed by atoms with Crippen LogP contribution in [0.3, 0.4) is 0 Å². The van der Waals surface area contributed by atoms with E-state index in [1.54, 1.807) is 11.2 Å². The van der Waals surface area contributed by atoms with Crippen molar-refractivity contribution in [2.45, 2.75) is 19.9 Å². The molecule has 2 heterocycles. The zero-order chi connectivity index (χ0) is 20.4. The van der Waals surface area contributed by atoms with Crippen LogP contribution in [-0.2, 0) is 11.3 Å². The highest BCUT2D eigenvalue weighted by Crippen LogP contribution is 2.21. The van der Waals surface area contributed by atoms with E-state index in [9.17, 15) is 13.6 Å². The Kier molecular flexibility index (Phi) is 5.29. The van der Waals surface area contributed by atoms with E-state index in [-0.39, 0.29) is 12.5 Å². The number of carbonyl (C=O) groups excluding carboxylic acids is 1. The molecule has 0 bridgehead atoms. The van der Waals surface area contributed by atoms with Gasteiger partial charge < -0.3 is 14.4 Å². The van der Waals surface area contributed by atoms with Gasteiger partial charge in [-0.1, -0.05) is 6.07 Å². The molecule has 1 fully saturated rings. The fraction of sp³-hybridized carbons (Fsp3) is 0.273. The summed E-state index contributed by atoms with van der Waals surface area (Å²) in [5, 5.41) is 0. The topological polar surface area (TPSA) is 41.4 Å². The van der Waals surface area contributed by atoms with Crippen molar-refractivity contribution < 1.29 is 13.6 Å². The molecule has 7 heteroatoms. The second-order valence-electron chi connectivity index (χ2n) is 7.24. The molecule has 1 aliphatic rings. The predicted molar refractivity (Wildman–Crippen MR) is 107 cm³/mol. The van der Waals surface area contributed by atoms with Gasteiger partial charge in [-0.05, 0) is 48.9 Å². The van der Waals surface area contributed by atoms with Gasteiger partial charge in [-0.15, -0.1) is 0 Å². The minimum Gasteiger partial charge on any atom is -0.369 e. The molecular formula is C22H22F2N4O. The summed E-state index contributed by atoms with van der Waals surface area (Å²) in [6.45, 7) is 4.06. The number of nitrogens with zero attached hydrogens (tertiary/aromatic N) is 4. The van der Waals surface area contributed by atoms with Crippen LogP contribution in [0.15, 0.2) is 55.0 Å². The first-order valence-corrected chi connectivity index (χ1v) is 9.57. The quantitative estimate of drug-likeness (QED) is 0.675. The second kappa shape index (κ2) is 8.03. The number of halogens is 2. The fourth-order valence-electron chi connectivity index (χ4n) is 3.55. The molecule has 0 spiro atoms. The second-order valence-corrected chi connectivity index (χ2v) is 7.24. The molecule has 150 valence electrons. The summed E-state index contributed by atoms with van der Waals surface area (Å²) in [5.41, 5.74) is 3.63. The molecule has 1 aliphatic heterocycles. The number of anilines is 1. The van der Waals surface area contributed by atoms with Crippen molar-refractivity contribution in [1.82, 2.24) is 14.5 Å². The molecule has 2 aromatic carbocycles. The Morgan fingerprint density at radius 1 is 0.966 bits per heavy atom. The molecule has 0 N–H and O–H groups in total. The van der Waals surface area contributed by atoms with Gasteiger partial charge >= 0.3 is 0 Å². The number of rotatable bonds is 4. The number of aryl methyl sites for hydroxylation is 1. The number of hydrogen-bond acceptors (Lipinski definition) is 3. The zero-order valence-electron chi connectivity index (χ0n) is 16.2. The number of carbonyl (C=O) groups is 1. The van der Waals surface area contributed by atoms with Gasteiger partial charge in [-0.25, -0.2) is 13.8 Å². The van der Waals surface area contributed by atoms with Gasteiger partial charge in [0.1, 0.15) is 0 Å². The highest BCUT2D eigenvalue weighted by atomic mass is 19.2. The van der Waals surface area contributed by atoms with Gasteiger partial charge in [0.05, 0.1) is 12.0 Å². The maximum Gasteiger partial charge on any atom is 0.224 e. The summed E-state index contributed by atoms with van der Waals surface area (Å²) in [5.74, 6) is -1.75. The Morgan fingerprint density at radius 3 is 2.41 bits per heavy atom. The summed E-state index contributed by atoms with van der Waals surface area (Å²) >= 11 is 0. The lowest BCUT2D eigenvalue weighted by atomic mass is 10.2. The van der Waals surface area contributed by atoms with Crippen molar-refractivity contribution >= 4 is 11.6 Å². The Bertz CT molecular complexity index is 1020. The van der Waals surface area contributed by atoms with Crippen LogP contribution >= 0.6 is 0 Å². The van der Waals surface area contributed by atoms with Gasteiger partial charge in [-0.2, -0.15) is 0 Å². The lowest BCUT2D eigenvalue weighted by molar-refractivity contribution is -0.130. The third-order valence-corrected chi connectivity index (χ3v) is 5.17. The van der Waals surface area contributed by atoms with E-state index >= 15 is 0 Å². The highest BCUT2D eigenvalue weighted by Gasteiger charge is 2.21. The van der Waals surface area contributed by atoms with E-state index in [1.807, 2.05) is 42.0 Å². The van der Waals surface area contributed by atoms with Crippen LogP contribution in [-0.4, -0.2) is 40.0 Å². The molecule has 0 saturated carbocycles. The van der Waals surface area contributed by atoms with Crippen LogP contribution in [0.1, 0.15) is 17.7 Å². The predicted octanol–water partition coefficient (Wildman–Crippen LogP) is 3.70. The molecule has 1 aromatic heterocycles. The third kappa shape index (κ3) is 4.29. The van der Waals surface area contributed by atoms with Gasteiger partial charge in [0, 0.05) is 50.2 Å². The van der Waals surface area contributed by atoms with Crippen LogP contribution < -0.4 is 4.90 Å². The first-order valence-electron chi connectivity index (χ1n) is 9.57. The van der Waals surface area contributed by atoms with E-state index in [0.29, 0.717) is 31.6 Å². The Balaban J connectivity index is 1.43. The van der Waals surface area contributed by atoms with E-state index in [0.717, 1.165) is 29.2 Å². The smallest absolute Gasteiger partial charge is 0.224 e. The molecular weight excluding hydrogens is 374 g/mol. The van der Waals surface area contributed by atoms with Gasteiger partial charge in [-0.3, -0.25) is 4.79 Å². The summed E-state index contributed by atoms with van der Waals surface area (Å²) < 4.78 is 28.6. The van der Waals surface area contributed by atoms with Crippen molar-refractivity contribution in [3.63, 3.8) is 0 Å². The zero-order valence-corrected chi connectivity index (χ0v) is 16.2. The first-order chi connectivity index (χ1) is 14.0. The Labute approximate surface area is 168 Å². The molecule has 0 aliphatic carbocycles. The van der Waals surface area contributed by atoms with Crippen molar-refractivity contribution in [1.29, 1.82) is 0 Å². The minimum atomic E-state index is -0.889. The van der Waals surface area contributed by atoms with Crippen LogP contribution in [0.5, 0.6) is 0 Å². The summed E-state index contributed by atoms with van der Waals surface area (Å²) in [6.07, 6.45) is 4.13. The summed E-state index contributed by atoms with van der Waals surface area (Å²) in [4.78, 5) is 20.6. The Hall–Kier alpha value is -3.22. The highest BCUT2D eigenvalue weighted by molar-refractivity contribution is 5.77. The SMILES string of the molecule is Cc1cn(-c2ccc(N3CCC(=O)N(Cc4ccc(F)c(F)c4)CC3)cc2)cn1. The van der Waals surface area contributed by atoms with Crippen molar-refractivity contribution in [3.05, 3.63) is 77.9 Å². The van der Waals surface area contributed by atoms with Crippen LogP contribution in [0.2, 0.25) is 0 Å². The van der Waals surface area contributed by atoms with Crippen LogP contribution in [0, 0.1) is 18.6 Å². The molecule has 4 rings (SSSR count). The third-order valence-electron chi connectivity index (χ3n) is 5.17. The number of amides is 1. The fourth-order valence-corrected chi connectivity index (χ4v) is 3.55. The summed E-state index contributed by atoms with van der Waals surface area (Å²) in [6, 6.07) is 11.9. The molecule has 1 saturated heterocycles. The number of hydrogen-bond donors (Lipinski definition) is 0. The van der Waals surface area contributed by atoms with Crippen LogP contribution in [0.4, 0.5) is 14.5 Å². The maximum atomic E-state index is 13.5. The molecule has 1 amide bonds. The molecule has 5 nitrogen and oxygen atoms in total. The lowest BCUT2D eigenvalue weighted by Crippen LogP contribution is -2.32. The Morgan fingerprint density at radius 2 is 1.72 bits per heavy atom. The largest absolute Gasteiger partial charge is 0.369 e. The van der Waals surface area contributed by atoms with Gasteiger partial charge in [0.15, 0.2) is 11.6 Å². The number of aromatic nitrogens is 2. The molecule has 0 radical (unpaired) electrons. The molecule has 3 aromatic rings. The van der Waals surface area contributed by atoms with Crippen molar-refractivity contribution in [3.8, 4) is 5.69 Å². The van der Waals surface area contributed by atoms with Crippen LogP contribution in [0.25, 0.3) is 5.69 Å². The number of imidazole rings is 1. The monoisotopic (exact) mass is 396 g/mol. The minimum absolute atomic E-state index is 0.0164. The molecule has 0 atom stereocenters. The van der Waals surface area contributed by atoms with Crippen molar-refractivity contribution in [2.75, 3.05) is 24.5 Å².